The Labute approximate surface area is 201 Å². The summed E-state index contributed by atoms with van der Waals surface area (Å²) in [6.07, 6.45) is -0.515. The van der Waals surface area contributed by atoms with Gasteiger partial charge in [0.15, 0.2) is 5.78 Å². The lowest BCUT2D eigenvalue weighted by molar-refractivity contribution is 0.0585. The molecule has 0 aliphatic carbocycles. The smallest absolute Gasteiger partial charge is 0.415 e. The number of rotatable bonds is 5. The molecular weight excluding hydrogens is 424 g/mol. The normalized spacial score (nSPS) is 11.2. The molecule has 1 amide bonds. The van der Waals surface area contributed by atoms with Gasteiger partial charge in [0.1, 0.15) is 11.3 Å². The maximum Gasteiger partial charge on any atom is 0.415 e. The molecule has 5 nitrogen and oxygen atoms in total. The first-order valence-corrected chi connectivity index (χ1v) is 11.0. The molecule has 0 radical (unpaired) electrons. The van der Waals surface area contributed by atoms with E-state index < -0.39 is 11.7 Å². The number of carbonyl (C=O) groups excluding carboxylic acids is 2. The van der Waals surface area contributed by atoms with E-state index in [2.05, 4.69) is 11.8 Å². The van der Waals surface area contributed by atoms with E-state index in [1.54, 1.807) is 24.3 Å². The van der Waals surface area contributed by atoms with Crippen molar-refractivity contribution in [1.29, 1.82) is 0 Å². The van der Waals surface area contributed by atoms with Gasteiger partial charge in [-0.2, -0.15) is 0 Å². The van der Waals surface area contributed by atoms with Crippen molar-refractivity contribution >= 4 is 29.0 Å². The third-order valence-corrected chi connectivity index (χ3v) is 4.69. The highest BCUT2D eigenvalue weighted by molar-refractivity contribution is 6.14. The van der Waals surface area contributed by atoms with Gasteiger partial charge in [-0.15, -0.1) is 0 Å². The molecule has 5 heteroatoms. The van der Waals surface area contributed by atoms with Gasteiger partial charge in [0.05, 0.1) is 12.2 Å². The van der Waals surface area contributed by atoms with E-state index >= 15 is 0 Å². The Hall–Kier alpha value is -4.17. The van der Waals surface area contributed by atoms with E-state index in [0.29, 0.717) is 17.0 Å². The second kappa shape index (κ2) is 11.1. The van der Waals surface area contributed by atoms with Crippen LogP contribution < -0.4 is 4.90 Å². The molecule has 0 saturated carbocycles. The largest absolute Gasteiger partial charge is 0.443 e. The second-order valence-electron chi connectivity index (χ2n) is 8.63. The summed E-state index contributed by atoms with van der Waals surface area (Å²) in [6.45, 7) is 7.03. The molecule has 0 fully saturated rings. The molecular formula is C29H28N2O3. The van der Waals surface area contributed by atoms with Crippen LogP contribution in [0.4, 0.5) is 16.2 Å². The van der Waals surface area contributed by atoms with Crippen LogP contribution in [0.15, 0.2) is 89.9 Å². The highest BCUT2D eigenvalue weighted by atomic mass is 16.6. The summed E-state index contributed by atoms with van der Waals surface area (Å²) >= 11 is 0. The number of aliphatic imine (C=N–C) groups is 1. The molecule has 0 unspecified atom stereocenters. The molecule has 3 aromatic rings. The van der Waals surface area contributed by atoms with Crippen LogP contribution in [-0.2, 0) is 4.74 Å². The topological polar surface area (TPSA) is 59.0 Å². The minimum absolute atomic E-state index is 0.0419. The number of ether oxygens (including phenoxy) is 1. The molecule has 0 saturated heterocycles. The molecule has 0 N–H and O–H groups in total. The molecule has 3 rings (SSSR count). The summed E-state index contributed by atoms with van der Waals surface area (Å²) in [5.74, 6) is 6.17. The van der Waals surface area contributed by atoms with Gasteiger partial charge in [-0.1, -0.05) is 54.5 Å². The van der Waals surface area contributed by atoms with Crippen molar-refractivity contribution < 1.29 is 14.3 Å². The van der Waals surface area contributed by atoms with Crippen LogP contribution in [-0.4, -0.2) is 29.7 Å². The number of carbonyl (C=O) groups is 2. The first kappa shape index (κ1) is 24.5. The first-order chi connectivity index (χ1) is 16.2. The lowest BCUT2D eigenvalue weighted by Gasteiger charge is -2.26. The summed E-state index contributed by atoms with van der Waals surface area (Å²) in [4.78, 5) is 30.7. The maximum absolute atomic E-state index is 13.0. The Kier molecular flexibility index (Phi) is 8.00. The van der Waals surface area contributed by atoms with E-state index in [1.807, 2.05) is 81.4 Å². The maximum atomic E-state index is 13.0. The lowest BCUT2D eigenvalue weighted by Crippen LogP contribution is -2.37. The van der Waals surface area contributed by atoms with Crippen LogP contribution in [0.2, 0.25) is 0 Å². The highest BCUT2D eigenvalue weighted by Gasteiger charge is 2.23. The molecule has 0 heterocycles. The summed E-state index contributed by atoms with van der Waals surface area (Å²) in [6, 6.07) is 26.1. The van der Waals surface area contributed by atoms with Gasteiger partial charge < -0.3 is 4.74 Å². The number of Topliss-reactive ketones (excluding diaryl/α,β-unsaturated/α-hetero) is 1. The van der Waals surface area contributed by atoms with E-state index in [0.717, 1.165) is 11.3 Å². The van der Waals surface area contributed by atoms with Crippen LogP contribution in [0.1, 0.15) is 43.6 Å². The highest BCUT2D eigenvalue weighted by Crippen LogP contribution is 2.19. The van der Waals surface area contributed by atoms with Crippen molar-refractivity contribution in [3.05, 3.63) is 96.1 Å². The average Bonchev–Trinajstić information content (AvgIpc) is 2.81. The summed E-state index contributed by atoms with van der Waals surface area (Å²) in [5, 5.41) is 0. The van der Waals surface area contributed by atoms with Crippen LogP contribution in [0, 0.1) is 11.8 Å². The summed E-state index contributed by atoms with van der Waals surface area (Å²) in [5.41, 5.74) is 2.78. The van der Waals surface area contributed by atoms with E-state index in [4.69, 9.17) is 9.73 Å². The van der Waals surface area contributed by atoms with Crippen LogP contribution >= 0.6 is 0 Å². The first-order valence-electron chi connectivity index (χ1n) is 11.0. The van der Waals surface area contributed by atoms with Gasteiger partial charge in [0.25, 0.3) is 0 Å². The fourth-order valence-electron chi connectivity index (χ4n) is 3.05. The van der Waals surface area contributed by atoms with Crippen LogP contribution in [0.25, 0.3) is 0 Å². The Morgan fingerprint density at radius 3 is 2.00 bits per heavy atom. The number of ketones is 1. The third-order valence-electron chi connectivity index (χ3n) is 4.69. The molecule has 0 atom stereocenters. The Morgan fingerprint density at radius 2 is 1.44 bits per heavy atom. The zero-order chi connectivity index (χ0) is 24.6. The average molecular weight is 453 g/mol. The Morgan fingerprint density at radius 1 is 0.853 bits per heavy atom. The van der Waals surface area contributed by atoms with Crippen molar-refractivity contribution in [2.45, 2.75) is 33.3 Å². The van der Waals surface area contributed by atoms with E-state index in [1.165, 1.54) is 11.8 Å². The molecule has 0 aliphatic heterocycles. The van der Waals surface area contributed by atoms with Gasteiger partial charge in [-0.25, -0.2) is 9.79 Å². The second-order valence-corrected chi connectivity index (χ2v) is 8.63. The Bertz CT molecular complexity index is 1210. The number of hydrogen-bond acceptors (Lipinski definition) is 4. The molecule has 3 aromatic carbocycles. The fraction of sp³-hybridized carbons (Fsp3) is 0.207. The van der Waals surface area contributed by atoms with Gasteiger partial charge in [-0.05, 0) is 70.0 Å². The summed E-state index contributed by atoms with van der Waals surface area (Å²) < 4.78 is 5.59. The van der Waals surface area contributed by atoms with Gasteiger partial charge >= 0.3 is 6.09 Å². The summed E-state index contributed by atoms with van der Waals surface area (Å²) in [7, 11) is 0. The number of anilines is 1. The zero-order valence-corrected chi connectivity index (χ0v) is 19.9. The molecule has 34 heavy (non-hydrogen) atoms. The predicted octanol–water partition coefficient (Wildman–Crippen LogP) is 6.46. The van der Waals surface area contributed by atoms with Crippen molar-refractivity contribution in [2.24, 2.45) is 4.99 Å². The Balaban J connectivity index is 1.94. The molecule has 0 aromatic heterocycles. The quantitative estimate of drug-likeness (QED) is 0.254. The van der Waals surface area contributed by atoms with Crippen molar-refractivity contribution in [2.75, 3.05) is 11.4 Å². The lowest BCUT2D eigenvalue weighted by atomic mass is 10.1. The van der Waals surface area contributed by atoms with Crippen LogP contribution in [0.5, 0.6) is 0 Å². The minimum atomic E-state index is -0.661. The fourth-order valence-corrected chi connectivity index (χ4v) is 3.05. The van der Waals surface area contributed by atoms with Gasteiger partial charge in [-0.3, -0.25) is 9.69 Å². The minimum Gasteiger partial charge on any atom is -0.443 e. The molecule has 0 bridgehead atoms. The van der Waals surface area contributed by atoms with Crippen molar-refractivity contribution in [3.63, 3.8) is 0 Å². The van der Waals surface area contributed by atoms with Gasteiger partial charge in [0, 0.05) is 16.8 Å². The predicted molar refractivity (Wildman–Crippen MR) is 137 cm³/mol. The monoisotopic (exact) mass is 452 g/mol. The molecule has 172 valence electrons. The third kappa shape index (κ3) is 7.18. The van der Waals surface area contributed by atoms with Crippen molar-refractivity contribution in [3.8, 4) is 11.8 Å². The van der Waals surface area contributed by atoms with E-state index in [-0.39, 0.29) is 12.3 Å². The number of benzene rings is 3. The molecule has 0 aliphatic rings. The molecule has 0 spiro atoms. The number of nitrogens with zero attached hydrogens (tertiary/aromatic N) is 2. The number of para-hydroxylation sites is 1. The van der Waals surface area contributed by atoms with Gasteiger partial charge in [0.2, 0.25) is 0 Å². The standard InChI is InChI=1S/C29H28N2O3/c1-22(32)23-17-19-26(20-18-23)31(28(33)34-29(2,3)4)21-11-16-27(24-12-7-5-8-13-24)30-25-14-9-6-10-15-25/h5-10,12-15,17-20H,21H2,1-4H3. The zero-order valence-electron chi connectivity index (χ0n) is 19.9. The number of amides is 1. The number of hydrogen-bond donors (Lipinski definition) is 0. The van der Waals surface area contributed by atoms with Crippen LogP contribution in [0.3, 0.4) is 0 Å². The van der Waals surface area contributed by atoms with Crippen molar-refractivity contribution in [1.82, 2.24) is 0 Å². The van der Waals surface area contributed by atoms with E-state index in [9.17, 15) is 9.59 Å². The SMILES string of the molecule is CC(=O)c1ccc(N(CC#CC(=Nc2ccccc2)c2ccccc2)C(=O)OC(C)(C)C)cc1.